The molecule has 0 aliphatic heterocycles. The Kier molecular flexibility index (Phi) is 7.43. The quantitative estimate of drug-likeness (QED) is 0.330. The second-order valence-electron chi connectivity index (χ2n) is 7.06. The first-order valence-electron chi connectivity index (χ1n) is 10.1. The number of methoxy groups -OCH3 is 4. The molecule has 0 heterocycles. The molecule has 34 heavy (non-hydrogen) atoms. The fourth-order valence-corrected chi connectivity index (χ4v) is 3.26. The van der Waals surface area contributed by atoms with Crippen LogP contribution in [0.5, 0.6) is 23.0 Å². The highest BCUT2D eigenvalue weighted by Crippen LogP contribution is 2.26. The van der Waals surface area contributed by atoms with Crippen LogP contribution in [0.2, 0.25) is 0 Å². The van der Waals surface area contributed by atoms with E-state index < -0.39 is 23.1 Å². The van der Waals surface area contributed by atoms with Crippen molar-refractivity contribution in [2.45, 2.75) is 0 Å². The molecule has 0 bridgehead atoms. The van der Waals surface area contributed by atoms with Gasteiger partial charge in [-0.05, 0) is 24.3 Å². The summed E-state index contributed by atoms with van der Waals surface area (Å²) in [5.74, 6) is -2.38. The molecule has 0 amide bonds. The third kappa shape index (κ3) is 4.96. The van der Waals surface area contributed by atoms with Gasteiger partial charge in [-0.25, -0.2) is 0 Å². The summed E-state index contributed by atoms with van der Waals surface area (Å²) < 4.78 is 20.6. The number of ketones is 4. The van der Waals surface area contributed by atoms with Crippen LogP contribution in [0, 0.1) is 0 Å². The smallest absolute Gasteiger partial charge is 0.234 e. The van der Waals surface area contributed by atoms with Gasteiger partial charge in [0.15, 0.2) is 0 Å². The number of Topliss-reactive ketones (excluding diaryl/α,β-unsaturated/α-hetero) is 4. The predicted molar refractivity (Wildman–Crippen MR) is 123 cm³/mol. The summed E-state index contributed by atoms with van der Waals surface area (Å²) in [5.41, 5.74) is -0.343. The van der Waals surface area contributed by atoms with Gasteiger partial charge >= 0.3 is 0 Å². The van der Waals surface area contributed by atoms with E-state index in [4.69, 9.17) is 18.9 Å². The monoisotopic (exact) mass is 462 g/mol. The van der Waals surface area contributed by atoms with Gasteiger partial charge in [-0.15, -0.1) is 0 Å². The number of rotatable bonds is 10. The molecule has 0 radical (unpaired) electrons. The van der Waals surface area contributed by atoms with Crippen LogP contribution in [0.15, 0.2) is 60.7 Å². The summed E-state index contributed by atoms with van der Waals surface area (Å²) in [7, 11) is 5.66. The SMILES string of the molecule is COc1cc(OC)cc(C(=O)C(=O)c2ccccc2C(=O)C(=O)c2cc(OC)cc(OC)c2)c1. The Balaban J connectivity index is 1.99. The van der Waals surface area contributed by atoms with Gasteiger partial charge in [0, 0.05) is 34.4 Å². The molecule has 3 aromatic rings. The minimum absolute atomic E-state index is 0.0207. The fourth-order valence-electron chi connectivity index (χ4n) is 3.26. The molecule has 0 fully saturated rings. The fraction of sp³-hybridized carbons (Fsp3) is 0.154. The first-order valence-corrected chi connectivity index (χ1v) is 10.1. The minimum atomic E-state index is -0.949. The number of benzene rings is 3. The maximum Gasteiger partial charge on any atom is 0.234 e. The lowest BCUT2D eigenvalue weighted by molar-refractivity contribution is 0.0800. The van der Waals surface area contributed by atoms with E-state index in [2.05, 4.69) is 0 Å². The lowest BCUT2D eigenvalue weighted by atomic mass is 9.92. The Morgan fingerprint density at radius 1 is 0.471 bits per heavy atom. The van der Waals surface area contributed by atoms with Gasteiger partial charge in [0.1, 0.15) is 23.0 Å². The van der Waals surface area contributed by atoms with Crippen LogP contribution in [0.4, 0.5) is 0 Å². The van der Waals surface area contributed by atoms with E-state index in [0.29, 0.717) is 23.0 Å². The maximum absolute atomic E-state index is 13.1. The molecule has 0 saturated heterocycles. The van der Waals surface area contributed by atoms with E-state index in [-0.39, 0.29) is 22.3 Å². The Hall–Kier alpha value is -4.46. The van der Waals surface area contributed by atoms with E-state index in [1.807, 2.05) is 0 Å². The van der Waals surface area contributed by atoms with E-state index in [1.54, 1.807) is 12.1 Å². The zero-order valence-electron chi connectivity index (χ0n) is 19.0. The van der Waals surface area contributed by atoms with Crippen molar-refractivity contribution in [3.8, 4) is 23.0 Å². The van der Waals surface area contributed by atoms with Crippen molar-refractivity contribution in [3.05, 3.63) is 82.9 Å². The van der Waals surface area contributed by atoms with Gasteiger partial charge in [-0.1, -0.05) is 24.3 Å². The zero-order chi connectivity index (χ0) is 24.8. The van der Waals surface area contributed by atoms with Crippen LogP contribution >= 0.6 is 0 Å². The number of hydrogen-bond acceptors (Lipinski definition) is 8. The van der Waals surface area contributed by atoms with Crippen LogP contribution in [-0.4, -0.2) is 51.6 Å². The summed E-state index contributed by atoms with van der Waals surface area (Å²) in [6.07, 6.45) is 0. The summed E-state index contributed by atoms with van der Waals surface area (Å²) in [5, 5.41) is 0. The van der Waals surface area contributed by atoms with Gasteiger partial charge in [0.25, 0.3) is 0 Å². The first kappa shape index (κ1) is 24.2. The summed E-state index contributed by atoms with van der Waals surface area (Å²) >= 11 is 0. The van der Waals surface area contributed by atoms with Crippen LogP contribution in [-0.2, 0) is 0 Å². The molecule has 174 valence electrons. The van der Waals surface area contributed by atoms with Crippen LogP contribution in [0.1, 0.15) is 41.4 Å². The topological polar surface area (TPSA) is 105 Å². The third-order valence-electron chi connectivity index (χ3n) is 5.06. The molecule has 0 aromatic heterocycles. The molecular weight excluding hydrogens is 440 g/mol. The van der Waals surface area contributed by atoms with Gasteiger partial charge < -0.3 is 18.9 Å². The number of ether oxygens (including phenoxy) is 4. The molecule has 0 aliphatic carbocycles. The van der Waals surface area contributed by atoms with Crippen LogP contribution < -0.4 is 18.9 Å². The molecule has 3 rings (SSSR count). The third-order valence-corrected chi connectivity index (χ3v) is 5.06. The predicted octanol–water partition coefficient (Wildman–Crippen LogP) is 3.85. The van der Waals surface area contributed by atoms with Crippen LogP contribution in [0.25, 0.3) is 0 Å². The number of carbonyl (C=O) groups is 4. The van der Waals surface area contributed by atoms with Gasteiger partial charge in [-0.3, -0.25) is 19.2 Å². The minimum Gasteiger partial charge on any atom is -0.497 e. The summed E-state index contributed by atoms with van der Waals surface area (Å²) in [4.78, 5) is 52.1. The first-order chi connectivity index (χ1) is 16.3. The van der Waals surface area contributed by atoms with Crippen molar-refractivity contribution in [1.82, 2.24) is 0 Å². The van der Waals surface area contributed by atoms with Crippen LogP contribution in [0.3, 0.4) is 0 Å². The molecule has 3 aromatic carbocycles. The standard InChI is InChI=1S/C26H22O8/c1-31-17-9-15(10-18(13-17)32-2)23(27)25(29)21-7-5-6-8-22(21)26(30)24(28)16-11-19(33-3)14-20(12-16)34-4/h5-14H,1-4H3. The van der Waals surface area contributed by atoms with E-state index in [9.17, 15) is 19.2 Å². The van der Waals surface area contributed by atoms with E-state index in [1.165, 1.54) is 77.0 Å². The summed E-state index contributed by atoms with van der Waals surface area (Å²) in [6, 6.07) is 14.3. The lowest BCUT2D eigenvalue weighted by Gasteiger charge is -2.10. The van der Waals surface area contributed by atoms with Gasteiger partial charge in [0.05, 0.1) is 28.4 Å². The number of carbonyl (C=O) groups excluding carboxylic acids is 4. The van der Waals surface area contributed by atoms with Crippen molar-refractivity contribution >= 4 is 23.1 Å². The molecule has 0 N–H and O–H groups in total. The Labute approximate surface area is 196 Å². The highest BCUT2D eigenvalue weighted by molar-refractivity contribution is 6.54. The highest BCUT2D eigenvalue weighted by Gasteiger charge is 2.28. The van der Waals surface area contributed by atoms with Crippen molar-refractivity contribution in [2.24, 2.45) is 0 Å². The molecular formula is C26H22O8. The molecule has 0 saturated carbocycles. The highest BCUT2D eigenvalue weighted by atomic mass is 16.5. The Bertz CT molecular complexity index is 1130. The molecule has 0 aliphatic rings. The normalized spacial score (nSPS) is 10.2. The van der Waals surface area contributed by atoms with E-state index in [0.717, 1.165) is 0 Å². The zero-order valence-corrected chi connectivity index (χ0v) is 19.0. The largest absolute Gasteiger partial charge is 0.497 e. The summed E-state index contributed by atoms with van der Waals surface area (Å²) in [6.45, 7) is 0. The lowest BCUT2D eigenvalue weighted by Crippen LogP contribution is -2.22. The average molecular weight is 462 g/mol. The molecule has 8 nitrogen and oxygen atoms in total. The Morgan fingerprint density at radius 2 is 0.765 bits per heavy atom. The van der Waals surface area contributed by atoms with Crippen molar-refractivity contribution < 1.29 is 38.1 Å². The molecule has 0 spiro atoms. The average Bonchev–Trinajstić information content (AvgIpc) is 2.90. The maximum atomic E-state index is 13.1. The van der Waals surface area contributed by atoms with E-state index >= 15 is 0 Å². The van der Waals surface area contributed by atoms with Crippen molar-refractivity contribution in [2.75, 3.05) is 28.4 Å². The molecule has 8 heteroatoms. The Morgan fingerprint density at radius 3 is 1.03 bits per heavy atom. The second kappa shape index (κ2) is 10.4. The van der Waals surface area contributed by atoms with Gasteiger partial charge in [-0.2, -0.15) is 0 Å². The molecule has 0 unspecified atom stereocenters. The van der Waals surface area contributed by atoms with Crippen molar-refractivity contribution in [3.63, 3.8) is 0 Å². The second-order valence-corrected chi connectivity index (χ2v) is 7.06. The number of hydrogen-bond donors (Lipinski definition) is 0. The molecule has 0 atom stereocenters. The van der Waals surface area contributed by atoms with Gasteiger partial charge in [0.2, 0.25) is 23.1 Å². The van der Waals surface area contributed by atoms with Crippen molar-refractivity contribution in [1.29, 1.82) is 0 Å².